The second-order valence-corrected chi connectivity index (χ2v) is 5.39. The van der Waals surface area contributed by atoms with Crippen LogP contribution in [0.5, 0.6) is 0 Å². The van der Waals surface area contributed by atoms with E-state index in [0.717, 1.165) is 19.3 Å². The maximum Gasteiger partial charge on any atom is 0.0949 e. The van der Waals surface area contributed by atoms with Crippen LogP contribution in [0.25, 0.3) is 0 Å². The molecule has 1 N–H and O–H groups in total. The fourth-order valence-corrected chi connectivity index (χ4v) is 3.30. The lowest BCUT2D eigenvalue weighted by atomic mass is 9.81. The van der Waals surface area contributed by atoms with Gasteiger partial charge < -0.3 is 9.84 Å². The third-order valence-corrected chi connectivity index (χ3v) is 4.29. The van der Waals surface area contributed by atoms with E-state index in [1.165, 1.54) is 24.8 Å². The van der Waals surface area contributed by atoms with Crippen LogP contribution in [0.3, 0.4) is 0 Å². The number of hydrogen-bond donors (Lipinski definition) is 1. The van der Waals surface area contributed by atoms with E-state index in [1.54, 1.807) is 0 Å². The van der Waals surface area contributed by atoms with Gasteiger partial charge in [-0.2, -0.15) is 0 Å². The summed E-state index contributed by atoms with van der Waals surface area (Å²) in [5.41, 5.74) is 0.965. The van der Waals surface area contributed by atoms with Gasteiger partial charge in [0.15, 0.2) is 0 Å². The normalized spacial score (nSPS) is 31.8. The van der Waals surface area contributed by atoms with Gasteiger partial charge in [0.1, 0.15) is 0 Å². The highest BCUT2D eigenvalue weighted by Gasteiger charge is 2.48. The molecule has 1 saturated carbocycles. The second-order valence-electron chi connectivity index (χ2n) is 5.39. The summed E-state index contributed by atoms with van der Waals surface area (Å²) in [6, 6.07) is 10.3. The summed E-state index contributed by atoms with van der Waals surface area (Å²) in [5, 5.41) is 10.3. The molecule has 1 aromatic carbocycles. The Morgan fingerprint density at radius 1 is 1.06 bits per heavy atom. The van der Waals surface area contributed by atoms with Gasteiger partial charge in [0.2, 0.25) is 0 Å². The highest BCUT2D eigenvalue weighted by molar-refractivity contribution is 5.20. The number of hydrogen-bond acceptors (Lipinski definition) is 2. The van der Waals surface area contributed by atoms with Crippen molar-refractivity contribution >= 4 is 0 Å². The van der Waals surface area contributed by atoms with Crippen molar-refractivity contribution in [2.45, 2.75) is 56.3 Å². The van der Waals surface area contributed by atoms with E-state index >= 15 is 0 Å². The number of rotatable bonds is 1. The summed E-state index contributed by atoms with van der Waals surface area (Å²) in [6.45, 7) is 0. The predicted molar refractivity (Wildman–Crippen MR) is 66.7 cm³/mol. The molecule has 3 rings (SSSR count). The summed E-state index contributed by atoms with van der Waals surface area (Å²) >= 11 is 0. The molecule has 0 amide bonds. The first-order valence-electron chi connectivity index (χ1n) is 6.71. The van der Waals surface area contributed by atoms with Gasteiger partial charge in [0, 0.05) is 6.42 Å². The lowest BCUT2D eigenvalue weighted by Crippen LogP contribution is -2.40. The van der Waals surface area contributed by atoms with Crippen molar-refractivity contribution in [3.8, 4) is 0 Å². The lowest BCUT2D eigenvalue weighted by Gasteiger charge is -2.35. The summed E-state index contributed by atoms with van der Waals surface area (Å²) in [6.07, 6.45) is 6.28. The first-order chi connectivity index (χ1) is 8.30. The van der Waals surface area contributed by atoms with E-state index in [9.17, 15) is 5.11 Å². The Balaban J connectivity index is 1.79. The van der Waals surface area contributed by atoms with Crippen molar-refractivity contribution in [3.05, 3.63) is 35.9 Å². The van der Waals surface area contributed by atoms with Crippen molar-refractivity contribution in [2.75, 3.05) is 0 Å². The molecule has 2 aliphatic rings. The Bertz CT molecular complexity index is 368. The second kappa shape index (κ2) is 4.43. The van der Waals surface area contributed by atoms with Crippen molar-refractivity contribution in [3.63, 3.8) is 0 Å². The van der Waals surface area contributed by atoms with Gasteiger partial charge in [0.25, 0.3) is 0 Å². The summed E-state index contributed by atoms with van der Waals surface area (Å²) in [7, 11) is 0. The van der Waals surface area contributed by atoms with E-state index in [0.29, 0.717) is 0 Å². The highest BCUT2D eigenvalue weighted by Crippen LogP contribution is 2.47. The van der Waals surface area contributed by atoms with Crippen molar-refractivity contribution in [1.29, 1.82) is 0 Å². The van der Waals surface area contributed by atoms with Crippen LogP contribution < -0.4 is 0 Å². The van der Waals surface area contributed by atoms with E-state index in [-0.39, 0.29) is 17.8 Å². The number of benzene rings is 1. The van der Waals surface area contributed by atoms with Gasteiger partial charge in [-0.3, -0.25) is 0 Å². The third-order valence-electron chi connectivity index (χ3n) is 4.29. The maximum absolute atomic E-state index is 10.3. The van der Waals surface area contributed by atoms with Crippen molar-refractivity contribution in [1.82, 2.24) is 0 Å². The molecule has 0 radical (unpaired) electrons. The molecule has 2 atom stereocenters. The summed E-state index contributed by atoms with van der Waals surface area (Å²) < 4.78 is 6.24. The Morgan fingerprint density at radius 3 is 2.47 bits per heavy atom. The zero-order valence-electron chi connectivity index (χ0n) is 10.1. The van der Waals surface area contributed by atoms with E-state index in [4.69, 9.17) is 4.74 Å². The molecule has 2 nitrogen and oxygen atoms in total. The summed E-state index contributed by atoms with van der Waals surface area (Å²) in [5.74, 6) is 0. The topological polar surface area (TPSA) is 29.5 Å². The molecular formula is C15H20O2. The van der Waals surface area contributed by atoms with Crippen LogP contribution in [-0.2, 0) is 4.74 Å². The Morgan fingerprint density at radius 2 is 1.76 bits per heavy atom. The van der Waals surface area contributed by atoms with E-state index in [1.807, 2.05) is 18.2 Å². The number of aliphatic hydroxyl groups is 1. The molecule has 1 spiro atoms. The smallest absolute Gasteiger partial charge is 0.0949 e. The molecule has 1 aliphatic heterocycles. The first kappa shape index (κ1) is 11.2. The Kier molecular flexibility index (Phi) is 2.93. The van der Waals surface area contributed by atoms with Crippen LogP contribution in [0.4, 0.5) is 0 Å². The molecule has 2 fully saturated rings. The molecule has 1 heterocycles. The predicted octanol–water partition coefficient (Wildman–Crippen LogP) is 3.21. The monoisotopic (exact) mass is 232 g/mol. The molecule has 0 bridgehead atoms. The highest BCUT2D eigenvalue weighted by atomic mass is 16.5. The largest absolute Gasteiger partial charge is 0.390 e. The molecule has 17 heavy (non-hydrogen) atoms. The quantitative estimate of drug-likeness (QED) is 0.805. The van der Waals surface area contributed by atoms with E-state index in [2.05, 4.69) is 12.1 Å². The number of aliphatic hydroxyl groups excluding tert-OH is 1. The van der Waals surface area contributed by atoms with Crippen molar-refractivity contribution in [2.24, 2.45) is 0 Å². The van der Waals surface area contributed by atoms with Gasteiger partial charge in [-0.1, -0.05) is 49.6 Å². The minimum Gasteiger partial charge on any atom is -0.390 e. The lowest BCUT2D eigenvalue weighted by molar-refractivity contribution is -0.104. The van der Waals surface area contributed by atoms with Crippen LogP contribution in [-0.4, -0.2) is 16.8 Å². The van der Waals surface area contributed by atoms with E-state index < -0.39 is 0 Å². The molecule has 0 unspecified atom stereocenters. The zero-order valence-corrected chi connectivity index (χ0v) is 10.1. The van der Waals surface area contributed by atoms with Crippen LogP contribution in [0, 0.1) is 0 Å². The van der Waals surface area contributed by atoms with Gasteiger partial charge in [-0.05, 0) is 18.4 Å². The van der Waals surface area contributed by atoms with Crippen LogP contribution in [0.1, 0.15) is 50.2 Å². The molecule has 92 valence electrons. The standard InChI is InChI=1S/C15H20O2/c16-14-11-13(12-7-3-1-4-8-12)17-15(14)9-5-2-6-10-15/h1,3-4,7-8,13-14,16H,2,5-6,9-11H2/t13-,14+/m0/s1. The minimum atomic E-state index is -0.284. The average molecular weight is 232 g/mol. The molecule has 1 aromatic rings. The zero-order chi connectivity index (χ0) is 11.7. The molecule has 1 saturated heterocycles. The van der Waals surface area contributed by atoms with Gasteiger partial charge in [0.05, 0.1) is 17.8 Å². The van der Waals surface area contributed by atoms with Gasteiger partial charge in [-0.25, -0.2) is 0 Å². The molecule has 0 aromatic heterocycles. The minimum absolute atomic E-state index is 0.0873. The van der Waals surface area contributed by atoms with Gasteiger partial charge in [-0.15, -0.1) is 0 Å². The molecule has 2 heteroatoms. The average Bonchev–Trinajstić information content (AvgIpc) is 2.69. The molecule has 1 aliphatic carbocycles. The van der Waals surface area contributed by atoms with Crippen molar-refractivity contribution < 1.29 is 9.84 Å². The fourth-order valence-electron chi connectivity index (χ4n) is 3.30. The van der Waals surface area contributed by atoms with Crippen LogP contribution in [0.15, 0.2) is 30.3 Å². The number of ether oxygens (including phenoxy) is 1. The third kappa shape index (κ3) is 2.00. The molecular weight excluding hydrogens is 212 g/mol. The maximum atomic E-state index is 10.3. The Labute approximate surface area is 103 Å². The SMILES string of the molecule is O[C@@H]1C[C@@H](c2ccccc2)OC12CCCCC2. The van der Waals surface area contributed by atoms with Crippen LogP contribution in [0.2, 0.25) is 0 Å². The van der Waals surface area contributed by atoms with Crippen LogP contribution >= 0.6 is 0 Å². The fraction of sp³-hybridized carbons (Fsp3) is 0.600. The summed E-state index contributed by atoms with van der Waals surface area (Å²) in [4.78, 5) is 0. The Hall–Kier alpha value is -0.860. The van der Waals surface area contributed by atoms with Gasteiger partial charge >= 0.3 is 0 Å². The first-order valence-corrected chi connectivity index (χ1v) is 6.71.